The Balaban J connectivity index is 2.51. The van der Waals surface area contributed by atoms with Crippen LogP contribution in [0.3, 0.4) is 0 Å². The number of carboxylic acid groups (broad SMARTS) is 1. The lowest BCUT2D eigenvalue weighted by Gasteiger charge is -2.24. The average molecular weight is 240 g/mol. The predicted octanol–water partition coefficient (Wildman–Crippen LogP) is 2.08. The Hall–Kier alpha value is -1.49. The van der Waals surface area contributed by atoms with Crippen molar-refractivity contribution in [3.63, 3.8) is 0 Å². The largest absolute Gasteiger partial charge is 0.481 e. The Kier molecular flexibility index (Phi) is 5.03. The van der Waals surface area contributed by atoms with Gasteiger partial charge in [-0.05, 0) is 38.6 Å². The van der Waals surface area contributed by atoms with Crippen molar-refractivity contribution in [2.75, 3.05) is 13.6 Å². The second-order valence-electron chi connectivity index (χ2n) is 4.09. The van der Waals surface area contributed by atoms with Crippen LogP contribution >= 0.6 is 0 Å². The fourth-order valence-electron chi connectivity index (χ4n) is 1.58. The highest BCUT2D eigenvalue weighted by Crippen LogP contribution is 2.18. The molecule has 17 heavy (non-hydrogen) atoms. The summed E-state index contributed by atoms with van der Waals surface area (Å²) in [6, 6.07) is 1.47. The monoisotopic (exact) mass is 240 g/mol. The fraction of sp³-hybridized carbons (Fsp3) is 0.500. The van der Waals surface area contributed by atoms with Gasteiger partial charge in [0.2, 0.25) is 0 Å². The van der Waals surface area contributed by atoms with Crippen molar-refractivity contribution in [3.8, 4) is 0 Å². The molecule has 4 nitrogen and oxygen atoms in total. The van der Waals surface area contributed by atoms with Crippen molar-refractivity contribution in [1.29, 1.82) is 0 Å². The number of halogens is 1. The van der Waals surface area contributed by atoms with Crippen molar-refractivity contribution < 1.29 is 14.3 Å². The van der Waals surface area contributed by atoms with Crippen molar-refractivity contribution in [2.24, 2.45) is 0 Å². The Morgan fingerprint density at radius 2 is 2.29 bits per heavy atom. The quantitative estimate of drug-likeness (QED) is 0.827. The van der Waals surface area contributed by atoms with Crippen molar-refractivity contribution in [1.82, 2.24) is 9.88 Å². The Morgan fingerprint density at radius 1 is 1.59 bits per heavy atom. The van der Waals surface area contributed by atoms with Gasteiger partial charge in [-0.2, -0.15) is 0 Å². The molecule has 0 aliphatic rings. The zero-order valence-electron chi connectivity index (χ0n) is 10.1. The second-order valence-corrected chi connectivity index (χ2v) is 4.09. The molecule has 0 amide bonds. The molecule has 0 aliphatic heterocycles. The van der Waals surface area contributed by atoms with Crippen molar-refractivity contribution >= 4 is 5.97 Å². The maximum Gasteiger partial charge on any atom is 0.303 e. The smallest absolute Gasteiger partial charge is 0.303 e. The van der Waals surface area contributed by atoms with E-state index in [-0.39, 0.29) is 18.3 Å². The molecule has 0 saturated heterocycles. The van der Waals surface area contributed by atoms with E-state index in [4.69, 9.17) is 5.11 Å². The number of hydrogen-bond acceptors (Lipinski definition) is 3. The molecule has 0 saturated carbocycles. The molecule has 0 spiro atoms. The molecular weight excluding hydrogens is 223 g/mol. The Labute approximate surface area is 100 Å². The molecule has 0 aliphatic carbocycles. The van der Waals surface area contributed by atoms with Crippen LogP contribution in [0.2, 0.25) is 0 Å². The van der Waals surface area contributed by atoms with Gasteiger partial charge in [0.15, 0.2) is 0 Å². The van der Waals surface area contributed by atoms with Gasteiger partial charge >= 0.3 is 5.97 Å². The molecular formula is C12H17FN2O2. The molecule has 1 atom stereocenters. The number of hydrogen-bond donors (Lipinski definition) is 1. The first-order chi connectivity index (χ1) is 8.00. The molecule has 0 radical (unpaired) electrons. The fourth-order valence-corrected chi connectivity index (χ4v) is 1.58. The summed E-state index contributed by atoms with van der Waals surface area (Å²) in [5.41, 5.74) is 0.794. The number of aromatic nitrogens is 1. The third kappa shape index (κ3) is 4.48. The summed E-state index contributed by atoms with van der Waals surface area (Å²) < 4.78 is 13.0. The molecule has 1 aromatic rings. The lowest BCUT2D eigenvalue weighted by atomic mass is 10.1. The predicted molar refractivity (Wildman–Crippen MR) is 62.1 cm³/mol. The van der Waals surface area contributed by atoms with Crippen LogP contribution in [-0.2, 0) is 4.79 Å². The number of pyridine rings is 1. The van der Waals surface area contributed by atoms with Gasteiger partial charge in [-0.25, -0.2) is 4.39 Å². The Morgan fingerprint density at radius 3 is 2.88 bits per heavy atom. The Bertz CT molecular complexity index is 385. The lowest BCUT2D eigenvalue weighted by molar-refractivity contribution is -0.137. The SMILES string of the molecule is CC(c1cncc(F)c1)N(C)CCCC(=O)O. The van der Waals surface area contributed by atoms with Gasteiger partial charge < -0.3 is 5.11 Å². The van der Waals surface area contributed by atoms with E-state index in [1.807, 2.05) is 18.9 Å². The van der Waals surface area contributed by atoms with Crippen LogP contribution < -0.4 is 0 Å². The standard InChI is InChI=1S/C12H17FN2O2/c1-9(10-6-11(13)8-14-7-10)15(2)5-3-4-12(16)17/h6-9H,3-5H2,1-2H3,(H,16,17). The van der Waals surface area contributed by atoms with Gasteiger partial charge in [-0.15, -0.1) is 0 Å². The molecule has 1 aromatic heterocycles. The van der Waals surface area contributed by atoms with Gasteiger partial charge in [-0.1, -0.05) is 0 Å². The number of nitrogens with zero attached hydrogens (tertiary/aromatic N) is 2. The van der Waals surface area contributed by atoms with Crippen molar-refractivity contribution in [3.05, 3.63) is 29.8 Å². The highest BCUT2D eigenvalue weighted by atomic mass is 19.1. The molecule has 1 unspecified atom stereocenters. The maximum atomic E-state index is 13.0. The third-order valence-corrected chi connectivity index (χ3v) is 2.77. The van der Waals surface area contributed by atoms with E-state index in [1.54, 1.807) is 6.20 Å². The highest BCUT2D eigenvalue weighted by molar-refractivity contribution is 5.66. The zero-order valence-corrected chi connectivity index (χ0v) is 10.1. The minimum absolute atomic E-state index is 0.0204. The number of carbonyl (C=O) groups is 1. The summed E-state index contributed by atoms with van der Waals surface area (Å²) in [5, 5.41) is 8.54. The van der Waals surface area contributed by atoms with E-state index in [0.29, 0.717) is 13.0 Å². The lowest BCUT2D eigenvalue weighted by Crippen LogP contribution is -2.24. The minimum Gasteiger partial charge on any atom is -0.481 e. The molecule has 1 rings (SSSR count). The highest BCUT2D eigenvalue weighted by Gasteiger charge is 2.12. The van der Waals surface area contributed by atoms with E-state index < -0.39 is 5.97 Å². The van der Waals surface area contributed by atoms with Crippen LogP contribution in [0, 0.1) is 5.82 Å². The second kappa shape index (κ2) is 6.30. The maximum absolute atomic E-state index is 13.0. The molecule has 5 heteroatoms. The van der Waals surface area contributed by atoms with Gasteiger partial charge in [0.25, 0.3) is 0 Å². The van der Waals surface area contributed by atoms with E-state index in [2.05, 4.69) is 4.98 Å². The topological polar surface area (TPSA) is 53.4 Å². The summed E-state index contributed by atoms with van der Waals surface area (Å²) >= 11 is 0. The first kappa shape index (κ1) is 13.6. The van der Waals surface area contributed by atoms with E-state index >= 15 is 0 Å². The molecule has 94 valence electrons. The minimum atomic E-state index is -0.793. The van der Waals surface area contributed by atoms with E-state index in [1.165, 1.54) is 12.3 Å². The molecule has 0 aromatic carbocycles. The zero-order chi connectivity index (χ0) is 12.8. The molecule has 1 heterocycles. The normalized spacial score (nSPS) is 12.7. The first-order valence-corrected chi connectivity index (χ1v) is 5.53. The van der Waals surface area contributed by atoms with Crippen LogP contribution in [0.15, 0.2) is 18.5 Å². The van der Waals surface area contributed by atoms with Crippen LogP contribution in [-0.4, -0.2) is 34.6 Å². The summed E-state index contributed by atoms with van der Waals surface area (Å²) in [7, 11) is 1.89. The van der Waals surface area contributed by atoms with Gasteiger partial charge in [-0.3, -0.25) is 14.7 Å². The third-order valence-electron chi connectivity index (χ3n) is 2.77. The summed E-state index contributed by atoms with van der Waals surface area (Å²) in [6.07, 6.45) is 3.53. The van der Waals surface area contributed by atoms with Crippen molar-refractivity contribution in [2.45, 2.75) is 25.8 Å². The summed E-state index contributed by atoms with van der Waals surface area (Å²) in [5.74, 6) is -1.15. The van der Waals surface area contributed by atoms with E-state index in [9.17, 15) is 9.18 Å². The summed E-state index contributed by atoms with van der Waals surface area (Å²) in [6.45, 7) is 2.60. The van der Waals surface area contributed by atoms with Crippen LogP contribution in [0.5, 0.6) is 0 Å². The van der Waals surface area contributed by atoms with Gasteiger partial charge in [0, 0.05) is 18.7 Å². The average Bonchev–Trinajstić information content (AvgIpc) is 2.27. The van der Waals surface area contributed by atoms with Gasteiger partial charge in [0.05, 0.1) is 6.20 Å². The number of aliphatic carboxylic acids is 1. The van der Waals surface area contributed by atoms with Gasteiger partial charge in [0.1, 0.15) is 5.82 Å². The van der Waals surface area contributed by atoms with E-state index in [0.717, 1.165) is 5.56 Å². The van der Waals surface area contributed by atoms with Crippen LogP contribution in [0.25, 0.3) is 0 Å². The molecule has 0 bridgehead atoms. The molecule has 1 N–H and O–H groups in total. The number of rotatable bonds is 6. The van der Waals surface area contributed by atoms with Crippen LogP contribution in [0.4, 0.5) is 4.39 Å². The molecule has 0 fully saturated rings. The first-order valence-electron chi connectivity index (χ1n) is 5.53. The number of carboxylic acids is 1. The van der Waals surface area contributed by atoms with Crippen LogP contribution in [0.1, 0.15) is 31.4 Å². The summed E-state index contributed by atoms with van der Waals surface area (Å²) in [4.78, 5) is 16.2.